The second-order valence-electron chi connectivity index (χ2n) is 6.74. The molecule has 2 N–H and O–H groups in total. The zero-order chi connectivity index (χ0) is 22.3. The summed E-state index contributed by atoms with van der Waals surface area (Å²) in [5.41, 5.74) is 4.38. The number of rotatable bonds is 6. The monoisotopic (exact) mass is 491 g/mol. The number of amides is 2. The fourth-order valence-electron chi connectivity index (χ4n) is 2.89. The zero-order valence-corrected chi connectivity index (χ0v) is 18.3. The molecule has 4 rings (SSSR count). The Morgan fingerprint density at radius 2 is 1.62 bits per heavy atom. The highest BCUT2D eigenvalue weighted by Crippen LogP contribution is 2.33. The van der Waals surface area contributed by atoms with Crippen LogP contribution in [0.15, 0.2) is 88.1 Å². The van der Waals surface area contributed by atoms with Gasteiger partial charge in [0, 0.05) is 10.0 Å². The molecule has 0 bridgehead atoms. The first-order chi connectivity index (χ1) is 15.6. The number of carbonyl (C=O) groups excluding carboxylic acids is 2. The Labute approximate surface area is 192 Å². The fourth-order valence-corrected chi connectivity index (χ4v) is 3.15. The molecule has 0 radical (unpaired) electrons. The normalized spacial score (nSPS) is 12.6. The lowest BCUT2D eigenvalue weighted by atomic mass is 10.1. The maximum atomic E-state index is 12.8. The molecule has 7 nitrogen and oxygen atoms in total. The SMILES string of the molecule is O=C(N/N=C\c1ccc(Br)cc1)/C(=C\c1ccc2c(c1)OCO2)NC(=O)c1ccccc1. The van der Waals surface area contributed by atoms with E-state index in [4.69, 9.17) is 9.47 Å². The van der Waals surface area contributed by atoms with Crippen molar-refractivity contribution in [3.05, 3.63) is 99.7 Å². The highest BCUT2D eigenvalue weighted by atomic mass is 79.9. The summed E-state index contributed by atoms with van der Waals surface area (Å²) in [4.78, 5) is 25.5. The van der Waals surface area contributed by atoms with Crippen LogP contribution in [0.2, 0.25) is 0 Å². The maximum absolute atomic E-state index is 12.8. The predicted octanol–water partition coefficient (Wildman–Crippen LogP) is 4.10. The minimum atomic E-state index is -0.569. The van der Waals surface area contributed by atoms with Gasteiger partial charge in [-0.15, -0.1) is 0 Å². The molecule has 3 aromatic carbocycles. The Balaban J connectivity index is 1.55. The topological polar surface area (TPSA) is 89.0 Å². The average molecular weight is 492 g/mol. The first kappa shape index (κ1) is 21.3. The maximum Gasteiger partial charge on any atom is 0.287 e. The molecule has 1 aliphatic rings. The molecule has 0 saturated carbocycles. The minimum Gasteiger partial charge on any atom is -0.454 e. The van der Waals surface area contributed by atoms with E-state index < -0.39 is 11.8 Å². The van der Waals surface area contributed by atoms with Crippen LogP contribution in [0, 0.1) is 0 Å². The lowest BCUT2D eigenvalue weighted by Crippen LogP contribution is -2.32. The van der Waals surface area contributed by atoms with Crippen molar-refractivity contribution in [2.75, 3.05) is 6.79 Å². The molecule has 1 heterocycles. The second kappa shape index (κ2) is 9.93. The molecule has 1 aliphatic heterocycles. The Morgan fingerprint density at radius 1 is 0.906 bits per heavy atom. The Kier molecular flexibility index (Phi) is 6.62. The van der Waals surface area contributed by atoms with Gasteiger partial charge in [-0.05, 0) is 53.6 Å². The molecule has 32 heavy (non-hydrogen) atoms. The van der Waals surface area contributed by atoms with E-state index >= 15 is 0 Å². The molecule has 8 heteroatoms. The van der Waals surface area contributed by atoms with Crippen LogP contribution in [0.25, 0.3) is 6.08 Å². The van der Waals surface area contributed by atoms with Crippen molar-refractivity contribution < 1.29 is 19.1 Å². The van der Waals surface area contributed by atoms with Gasteiger partial charge in [0.15, 0.2) is 11.5 Å². The number of benzene rings is 3. The highest BCUT2D eigenvalue weighted by Gasteiger charge is 2.16. The quantitative estimate of drug-likeness (QED) is 0.308. The molecule has 0 atom stereocenters. The molecular weight excluding hydrogens is 474 g/mol. The Hall–Kier alpha value is -3.91. The van der Waals surface area contributed by atoms with Crippen molar-refractivity contribution in [1.82, 2.24) is 10.7 Å². The molecule has 160 valence electrons. The number of nitrogens with zero attached hydrogens (tertiary/aromatic N) is 1. The summed E-state index contributed by atoms with van der Waals surface area (Å²) in [6.45, 7) is 0.144. The van der Waals surface area contributed by atoms with Gasteiger partial charge in [-0.1, -0.05) is 52.3 Å². The van der Waals surface area contributed by atoms with Crippen molar-refractivity contribution in [1.29, 1.82) is 0 Å². The van der Waals surface area contributed by atoms with Crippen LogP contribution < -0.4 is 20.2 Å². The summed E-state index contributed by atoms with van der Waals surface area (Å²) in [6, 6.07) is 21.3. The predicted molar refractivity (Wildman–Crippen MR) is 124 cm³/mol. The van der Waals surface area contributed by atoms with Gasteiger partial charge in [0.2, 0.25) is 6.79 Å². The van der Waals surface area contributed by atoms with E-state index in [0.717, 1.165) is 10.0 Å². The number of hydrazone groups is 1. The molecule has 0 aromatic heterocycles. The third-order valence-electron chi connectivity index (χ3n) is 4.49. The van der Waals surface area contributed by atoms with Gasteiger partial charge >= 0.3 is 0 Å². The Bertz CT molecular complexity index is 1190. The zero-order valence-electron chi connectivity index (χ0n) is 16.7. The molecule has 3 aromatic rings. The molecule has 0 saturated heterocycles. The summed E-state index contributed by atoms with van der Waals surface area (Å²) >= 11 is 3.37. The average Bonchev–Trinajstić information content (AvgIpc) is 3.28. The standard InChI is InChI=1S/C24H18BrN3O4/c25-19-9-6-16(7-10-19)14-26-28-24(30)20(27-23(29)18-4-2-1-3-5-18)12-17-8-11-21-22(13-17)32-15-31-21/h1-14H,15H2,(H,27,29)(H,28,30)/b20-12+,26-14-. The van der Waals surface area contributed by atoms with E-state index in [1.165, 1.54) is 6.21 Å². The van der Waals surface area contributed by atoms with Crippen LogP contribution >= 0.6 is 15.9 Å². The molecule has 0 unspecified atom stereocenters. The van der Waals surface area contributed by atoms with Gasteiger partial charge in [0.25, 0.3) is 11.8 Å². The van der Waals surface area contributed by atoms with Crippen molar-refractivity contribution in [2.45, 2.75) is 0 Å². The van der Waals surface area contributed by atoms with E-state index in [0.29, 0.717) is 22.6 Å². The van der Waals surface area contributed by atoms with Gasteiger partial charge in [0.1, 0.15) is 5.70 Å². The summed E-state index contributed by atoms with van der Waals surface area (Å²) in [6.07, 6.45) is 3.06. The third kappa shape index (κ3) is 5.41. The number of nitrogens with one attached hydrogen (secondary N) is 2. The van der Waals surface area contributed by atoms with Crippen molar-refractivity contribution in [3.8, 4) is 11.5 Å². The largest absolute Gasteiger partial charge is 0.454 e. The molecule has 0 aliphatic carbocycles. The minimum absolute atomic E-state index is 0.0330. The van der Waals surface area contributed by atoms with Gasteiger partial charge in [0.05, 0.1) is 6.21 Å². The van der Waals surface area contributed by atoms with Gasteiger partial charge in [-0.3, -0.25) is 9.59 Å². The molecule has 0 spiro atoms. The number of halogens is 1. The molecule has 0 fully saturated rings. The van der Waals surface area contributed by atoms with E-state index in [1.807, 2.05) is 30.3 Å². The van der Waals surface area contributed by atoms with Crippen LogP contribution in [0.1, 0.15) is 21.5 Å². The number of carbonyl (C=O) groups is 2. The lowest BCUT2D eigenvalue weighted by Gasteiger charge is -2.09. The molecule has 2 amide bonds. The van der Waals surface area contributed by atoms with Crippen LogP contribution in [-0.4, -0.2) is 24.8 Å². The number of hydrogen-bond donors (Lipinski definition) is 2. The van der Waals surface area contributed by atoms with E-state index in [2.05, 4.69) is 31.8 Å². The number of ether oxygens (including phenoxy) is 2. The van der Waals surface area contributed by atoms with Gasteiger partial charge in [-0.2, -0.15) is 5.10 Å². The Morgan fingerprint density at radius 3 is 2.41 bits per heavy atom. The van der Waals surface area contributed by atoms with E-state index in [9.17, 15) is 9.59 Å². The van der Waals surface area contributed by atoms with Crippen molar-refractivity contribution in [2.24, 2.45) is 5.10 Å². The lowest BCUT2D eigenvalue weighted by molar-refractivity contribution is -0.117. The summed E-state index contributed by atoms with van der Waals surface area (Å²) in [5.74, 6) is 0.215. The van der Waals surface area contributed by atoms with Crippen LogP contribution in [0.5, 0.6) is 11.5 Å². The van der Waals surface area contributed by atoms with Crippen molar-refractivity contribution >= 4 is 40.0 Å². The first-order valence-corrected chi connectivity index (χ1v) is 10.4. The van der Waals surface area contributed by atoms with Crippen LogP contribution in [0.3, 0.4) is 0 Å². The highest BCUT2D eigenvalue weighted by molar-refractivity contribution is 9.10. The van der Waals surface area contributed by atoms with E-state index in [1.54, 1.807) is 48.5 Å². The first-order valence-electron chi connectivity index (χ1n) is 9.65. The molecular formula is C24H18BrN3O4. The summed E-state index contributed by atoms with van der Waals surface area (Å²) < 4.78 is 11.6. The summed E-state index contributed by atoms with van der Waals surface area (Å²) in [5, 5.41) is 6.66. The van der Waals surface area contributed by atoms with Gasteiger partial charge in [-0.25, -0.2) is 5.43 Å². The third-order valence-corrected chi connectivity index (χ3v) is 5.01. The van der Waals surface area contributed by atoms with Crippen LogP contribution in [-0.2, 0) is 4.79 Å². The summed E-state index contributed by atoms with van der Waals surface area (Å²) in [7, 11) is 0. The van der Waals surface area contributed by atoms with E-state index in [-0.39, 0.29) is 12.5 Å². The van der Waals surface area contributed by atoms with Gasteiger partial charge < -0.3 is 14.8 Å². The number of fused-ring (bicyclic) bond motifs is 1. The van der Waals surface area contributed by atoms with Crippen molar-refractivity contribution in [3.63, 3.8) is 0 Å². The second-order valence-corrected chi connectivity index (χ2v) is 7.66. The van der Waals surface area contributed by atoms with Crippen LogP contribution in [0.4, 0.5) is 0 Å². The fraction of sp³-hybridized carbons (Fsp3) is 0.0417. The number of hydrogen-bond acceptors (Lipinski definition) is 5. The smallest absolute Gasteiger partial charge is 0.287 e.